The van der Waals surface area contributed by atoms with Crippen LogP contribution in [-0.2, 0) is 34.3 Å². The van der Waals surface area contributed by atoms with E-state index in [1.165, 1.54) is 8.61 Å². The number of rotatable bonds is 8. The monoisotopic (exact) mass is 606 g/mol. The van der Waals surface area contributed by atoms with E-state index in [1.807, 2.05) is 30.3 Å². The predicted molar refractivity (Wildman–Crippen MR) is 136 cm³/mol. The molecule has 2 aliphatic heterocycles. The molecule has 2 N–H and O–H groups in total. The molecule has 40 heavy (non-hydrogen) atoms. The Balaban J connectivity index is 1.56. The molecule has 2 saturated heterocycles. The average Bonchev–Trinajstić information content (AvgIpc) is 2.93. The van der Waals surface area contributed by atoms with E-state index in [0.29, 0.717) is 6.42 Å². The Kier molecular flexibility index (Phi) is 9.16. The lowest BCUT2D eigenvalue weighted by Gasteiger charge is -2.40. The Morgan fingerprint density at radius 1 is 1.07 bits per heavy atom. The minimum absolute atomic E-state index is 0.0509. The maximum absolute atomic E-state index is 13.5. The largest absolute Gasteiger partial charge is 0.490 e. The van der Waals surface area contributed by atoms with Crippen molar-refractivity contribution < 1.29 is 44.3 Å². The van der Waals surface area contributed by atoms with Crippen LogP contribution in [0.4, 0.5) is 13.2 Å². The molecule has 2 aromatic rings. The number of hydrogen-bond acceptors (Lipinski definition) is 9. The molecule has 0 radical (unpaired) electrons. The number of halogens is 3. The third-order valence-electron chi connectivity index (χ3n) is 6.72. The van der Waals surface area contributed by atoms with Gasteiger partial charge in [-0.05, 0) is 36.0 Å². The molecule has 16 heteroatoms. The lowest BCUT2D eigenvalue weighted by molar-refractivity contribution is -0.205. The van der Waals surface area contributed by atoms with Gasteiger partial charge in [-0.2, -0.15) is 30.2 Å². The number of hydrogen-bond donors (Lipinski definition) is 1. The van der Waals surface area contributed by atoms with Crippen molar-refractivity contribution in [1.82, 2.24) is 13.6 Å². The van der Waals surface area contributed by atoms with Crippen molar-refractivity contribution >= 4 is 26.0 Å². The second kappa shape index (κ2) is 12.1. The minimum atomic E-state index is -5.27. The van der Waals surface area contributed by atoms with Crippen molar-refractivity contribution in [3.63, 3.8) is 0 Å². The first kappa shape index (κ1) is 30.3. The number of nitrogens with two attached hydrogens (primary N) is 1. The fourth-order valence-corrected chi connectivity index (χ4v) is 8.07. The van der Waals surface area contributed by atoms with Crippen LogP contribution in [0.25, 0.3) is 0 Å². The van der Waals surface area contributed by atoms with Crippen LogP contribution < -0.4 is 5.73 Å². The molecule has 0 spiro atoms. The molecular formula is C24H29F3N4O7S2. The van der Waals surface area contributed by atoms with Gasteiger partial charge < -0.3 is 9.47 Å². The van der Waals surface area contributed by atoms with Crippen LogP contribution in [0.5, 0.6) is 0 Å². The van der Waals surface area contributed by atoms with Gasteiger partial charge in [0.05, 0.1) is 19.0 Å². The minimum Gasteiger partial charge on any atom is -0.436 e. The molecule has 1 aromatic heterocycles. The Hall–Kier alpha value is -2.63. The first-order valence-electron chi connectivity index (χ1n) is 12.4. The fraction of sp³-hybridized carbons (Fsp3) is 0.500. The van der Waals surface area contributed by atoms with Crippen molar-refractivity contribution in [2.45, 2.75) is 29.8 Å². The molecule has 0 aliphatic carbocycles. The summed E-state index contributed by atoms with van der Waals surface area (Å²) in [4.78, 5) is 15.0. The number of carbonyl (C=O) groups excluding carboxylic acids is 1. The maximum Gasteiger partial charge on any atom is 0.490 e. The van der Waals surface area contributed by atoms with Gasteiger partial charge in [0.2, 0.25) is 0 Å². The van der Waals surface area contributed by atoms with E-state index in [0.717, 1.165) is 23.9 Å². The number of nitrogens with zero attached hydrogens (tertiary/aromatic N) is 3. The lowest BCUT2D eigenvalue weighted by Crippen LogP contribution is -2.53. The molecule has 2 aliphatic rings. The number of sulfone groups is 1. The van der Waals surface area contributed by atoms with Crippen molar-refractivity contribution in [1.29, 1.82) is 0 Å². The average molecular weight is 607 g/mol. The predicted octanol–water partition coefficient (Wildman–Crippen LogP) is 1.60. The van der Waals surface area contributed by atoms with E-state index in [4.69, 9.17) is 10.5 Å². The van der Waals surface area contributed by atoms with Gasteiger partial charge in [-0.1, -0.05) is 30.3 Å². The maximum atomic E-state index is 13.5. The second-order valence-corrected chi connectivity index (χ2v) is 13.5. The zero-order chi connectivity index (χ0) is 29.1. The summed E-state index contributed by atoms with van der Waals surface area (Å²) in [6.45, 7) is 1.02. The molecule has 0 amide bonds. The SMILES string of the molecule is NC(OC(=O)C(F)(F)F)c1ccnc(S(=O)(=O)CC2CC(c3ccccc3)CN(S(=O)(=O)N3CCOCC3)C2)c1. The smallest absolute Gasteiger partial charge is 0.436 e. The second-order valence-electron chi connectivity index (χ2n) is 9.58. The Morgan fingerprint density at radius 2 is 1.75 bits per heavy atom. The highest BCUT2D eigenvalue weighted by Crippen LogP contribution is 2.34. The highest BCUT2D eigenvalue weighted by Gasteiger charge is 2.42. The van der Waals surface area contributed by atoms with Crippen LogP contribution in [0.15, 0.2) is 53.7 Å². The summed E-state index contributed by atoms with van der Waals surface area (Å²) in [6, 6.07) is 11.3. The van der Waals surface area contributed by atoms with Gasteiger partial charge in [-0.15, -0.1) is 0 Å². The van der Waals surface area contributed by atoms with Gasteiger partial charge >= 0.3 is 12.1 Å². The third kappa shape index (κ3) is 7.16. The third-order valence-corrected chi connectivity index (χ3v) is 10.5. The van der Waals surface area contributed by atoms with Crippen molar-refractivity contribution in [3.05, 3.63) is 59.8 Å². The lowest BCUT2D eigenvalue weighted by atomic mass is 9.86. The van der Waals surface area contributed by atoms with E-state index < -0.39 is 55.1 Å². The van der Waals surface area contributed by atoms with Crippen LogP contribution >= 0.6 is 0 Å². The summed E-state index contributed by atoms with van der Waals surface area (Å²) in [5.41, 5.74) is 6.22. The summed E-state index contributed by atoms with van der Waals surface area (Å²) < 4.78 is 103. The number of pyridine rings is 1. The van der Waals surface area contributed by atoms with E-state index in [9.17, 15) is 34.8 Å². The standard InChI is InChI=1S/C24H29F3N4O7S2/c25-24(26,27)23(32)38-22(28)19-6-7-29-21(13-19)39(33,34)16-17-12-20(18-4-2-1-3-5-18)15-31(14-17)40(35,36)30-8-10-37-11-9-30/h1-7,13,17,20,22H,8-12,14-16,28H2. The number of morpholine rings is 1. The number of ether oxygens (including phenoxy) is 2. The summed E-state index contributed by atoms with van der Waals surface area (Å²) in [7, 11) is -8.06. The molecule has 1 aromatic carbocycles. The molecule has 3 heterocycles. The number of aromatic nitrogens is 1. The van der Waals surface area contributed by atoms with Crippen molar-refractivity contribution in [2.24, 2.45) is 11.7 Å². The quantitative estimate of drug-likeness (QED) is 0.349. The Bertz CT molecular complexity index is 1400. The highest BCUT2D eigenvalue weighted by molar-refractivity contribution is 7.91. The van der Waals surface area contributed by atoms with Crippen molar-refractivity contribution in [2.75, 3.05) is 45.1 Å². The van der Waals surface area contributed by atoms with Gasteiger partial charge in [0.25, 0.3) is 10.2 Å². The summed E-state index contributed by atoms with van der Waals surface area (Å²) >= 11 is 0. The number of alkyl halides is 3. The molecule has 4 rings (SSSR count). The summed E-state index contributed by atoms with van der Waals surface area (Å²) in [5.74, 6) is -3.89. The summed E-state index contributed by atoms with van der Waals surface area (Å²) in [5, 5.41) is -0.479. The molecule has 3 unspecified atom stereocenters. The van der Waals surface area contributed by atoms with Gasteiger partial charge in [0.15, 0.2) is 21.1 Å². The molecule has 3 atom stereocenters. The number of benzene rings is 1. The van der Waals surface area contributed by atoms with Gasteiger partial charge in [0.1, 0.15) is 0 Å². The Morgan fingerprint density at radius 3 is 2.40 bits per heavy atom. The normalized spacial score (nSPS) is 22.5. The molecule has 11 nitrogen and oxygen atoms in total. The fourth-order valence-electron chi connectivity index (χ4n) is 4.79. The van der Waals surface area contributed by atoms with Crippen LogP contribution in [0.3, 0.4) is 0 Å². The van der Waals surface area contributed by atoms with Crippen LogP contribution in [0.2, 0.25) is 0 Å². The van der Waals surface area contributed by atoms with E-state index >= 15 is 0 Å². The zero-order valence-corrected chi connectivity index (χ0v) is 22.9. The van der Waals surface area contributed by atoms with Gasteiger partial charge in [0, 0.05) is 37.9 Å². The topological polar surface area (TPSA) is 149 Å². The molecular weight excluding hydrogens is 577 g/mol. The van der Waals surface area contributed by atoms with Crippen LogP contribution in [0, 0.1) is 5.92 Å². The Labute approximate surface area is 230 Å². The first-order valence-corrected chi connectivity index (χ1v) is 15.4. The zero-order valence-electron chi connectivity index (χ0n) is 21.2. The van der Waals surface area contributed by atoms with Crippen LogP contribution in [0.1, 0.15) is 29.7 Å². The van der Waals surface area contributed by atoms with Crippen LogP contribution in [-0.4, -0.2) is 87.7 Å². The summed E-state index contributed by atoms with van der Waals surface area (Å²) in [6.07, 6.45) is -5.74. The molecule has 220 valence electrons. The molecule has 2 fully saturated rings. The van der Waals surface area contributed by atoms with Gasteiger partial charge in [-0.3, -0.25) is 5.73 Å². The van der Waals surface area contributed by atoms with E-state index in [-0.39, 0.29) is 50.9 Å². The number of esters is 1. The highest BCUT2D eigenvalue weighted by atomic mass is 32.2. The molecule has 0 bridgehead atoms. The van der Waals surface area contributed by atoms with Gasteiger partial charge in [-0.25, -0.2) is 18.2 Å². The molecule has 0 saturated carbocycles. The number of carbonyl (C=O) groups is 1. The van der Waals surface area contributed by atoms with Crippen molar-refractivity contribution in [3.8, 4) is 0 Å². The number of piperidine rings is 1. The van der Waals surface area contributed by atoms with E-state index in [2.05, 4.69) is 9.72 Å². The van der Waals surface area contributed by atoms with E-state index in [1.54, 1.807) is 0 Å². The first-order chi connectivity index (χ1) is 18.8.